The summed E-state index contributed by atoms with van der Waals surface area (Å²) in [4.78, 5) is 61.9. The maximum absolute atomic E-state index is 13.6. The van der Waals surface area contributed by atoms with E-state index < -0.39 is 66.0 Å². The molecule has 4 atom stereocenters. The van der Waals surface area contributed by atoms with E-state index in [4.69, 9.17) is 4.74 Å². The zero-order valence-corrected chi connectivity index (χ0v) is 28.0. The van der Waals surface area contributed by atoms with Gasteiger partial charge >= 0.3 is 5.97 Å². The van der Waals surface area contributed by atoms with Gasteiger partial charge in [-0.25, -0.2) is 13.6 Å². The molecule has 5 N–H and O–H groups in total. The van der Waals surface area contributed by atoms with Crippen molar-refractivity contribution in [3.63, 3.8) is 0 Å². The Morgan fingerprint density at radius 3 is 2.16 bits per heavy atom. The second-order valence-corrected chi connectivity index (χ2v) is 12.7. The molecule has 15 heteroatoms. The molecule has 0 aromatic heterocycles. The molecule has 0 bridgehead atoms. The topological polar surface area (TPSA) is 174 Å². The van der Waals surface area contributed by atoms with Crippen molar-refractivity contribution in [2.24, 2.45) is 0 Å². The molecule has 1 aliphatic rings. The number of carboxylic acid groups (broad SMARTS) is 1. The molecule has 1 heterocycles. The van der Waals surface area contributed by atoms with Crippen LogP contribution in [0, 0.1) is 11.6 Å². The molecule has 12 nitrogen and oxygen atoms in total. The Hall–Kier alpha value is -5.02. The molecule has 1 saturated heterocycles. The average Bonchev–Trinajstić information content (AvgIpc) is 3.09. The fourth-order valence-corrected chi connectivity index (χ4v) is 6.49. The summed E-state index contributed by atoms with van der Waals surface area (Å²) in [6.45, 7) is 0.890. The van der Waals surface area contributed by atoms with Crippen molar-refractivity contribution in [2.75, 3.05) is 30.3 Å². The Morgan fingerprint density at radius 1 is 0.900 bits per heavy atom. The van der Waals surface area contributed by atoms with Gasteiger partial charge in [-0.3, -0.25) is 19.2 Å². The first-order chi connectivity index (χ1) is 23.9. The van der Waals surface area contributed by atoms with E-state index in [1.54, 1.807) is 24.3 Å². The van der Waals surface area contributed by atoms with Crippen LogP contribution in [0.5, 0.6) is 5.75 Å². The highest BCUT2D eigenvalue weighted by Crippen LogP contribution is 2.46. The molecule has 1 fully saturated rings. The fourth-order valence-electron chi connectivity index (χ4n) is 5.19. The molecule has 4 rings (SSSR count). The number of carboxylic acids is 1. The van der Waals surface area contributed by atoms with Crippen molar-refractivity contribution < 1.29 is 47.7 Å². The number of anilines is 1. The molecule has 0 aliphatic carbocycles. The number of thioether (sulfide) groups is 1. The van der Waals surface area contributed by atoms with Gasteiger partial charge in [-0.05, 0) is 78.9 Å². The van der Waals surface area contributed by atoms with Crippen LogP contribution in [0.4, 0.5) is 14.5 Å². The van der Waals surface area contributed by atoms with Crippen LogP contribution < -0.4 is 25.6 Å². The summed E-state index contributed by atoms with van der Waals surface area (Å²) in [6.07, 6.45) is 0.217. The maximum Gasteiger partial charge on any atom is 0.326 e. The lowest BCUT2D eigenvalue weighted by atomic mass is 9.92. The lowest BCUT2D eigenvalue weighted by molar-refractivity contribution is -0.142. The molecule has 1 aliphatic heterocycles. The number of hydrogen-bond acceptors (Lipinski definition) is 8. The van der Waals surface area contributed by atoms with E-state index in [9.17, 15) is 43.0 Å². The SMILES string of the molecule is CC(=O)NCCCC[C@@H](NC(=O)CNC(=O)COc1ccc(C2[C@@H](SCC(O)c3ccc(F)cc3)C(=O)N2c2ccc(F)cc2)cc1)C(=O)O. The Bertz CT molecular complexity index is 1640. The van der Waals surface area contributed by atoms with Crippen LogP contribution in [-0.4, -0.2) is 76.6 Å². The first-order valence-electron chi connectivity index (χ1n) is 15.8. The number of nitrogens with zero attached hydrogens (tertiary/aromatic N) is 1. The number of β-lactam (4-membered cyclic amide) rings is 1. The lowest BCUT2D eigenvalue weighted by Crippen LogP contribution is -2.57. The number of ether oxygens (including phenoxy) is 1. The summed E-state index contributed by atoms with van der Waals surface area (Å²) in [7, 11) is 0. The summed E-state index contributed by atoms with van der Waals surface area (Å²) < 4.78 is 32.5. The normalized spacial score (nSPS) is 16.5. The summed E-state index contributed by atoms with van der Waals surface area (Å²) in [5.41, 5.74) is 1.73. The summed E-state index contributed by atoms with van der Waals surface area (Å²) in [5.74, 6) is -3.31. The predicted molar refractivity (Wildman–Crippen MR) is 181 cm³/mol. The van der Waals surface area contributed by atoms with Crippen LogP contribution in [0.25, 0.3) is 0 Å². The number of nitrogens with one attached hydrogen (secondary N) is 3. The fraction of sp³-hybridized carbons (Fsp3) is 0.343. The molecule has 0 saturated carbocycles. The lowest BCUT2D eigenvalue weighted by Gasteiger charge is -2.47. The van der Waals surface area contributed by atoms with E-state index in [2.05, 4.69) is 16.0 Å². The Morgan fingerprint density at radius 2 is 1.54 bits per heavy atom. The number of unbranched alkanes of at least 4 members (excludes halogenated alkanes) is 1. The number of amides is 4. The van der Waals surface area contributed by atoms with Crippen molar-refractivity contribution in [3.8, 4) is 5.75 Å². The number of benzene rings is 3. The quantitative estimate of drug-likeness (QED) is 0.0980. The molecule has 0 radical (unpaired) electrons. The number of aliphatic hydroxyl groups excluding tert-OH is 1. The highest BCUT2D eigenvalue weighted by Gasteiger charge is 2.49. The van der Waals surface area contributed by atoms with Crippen LogP contribution in [0.3, 0.4) is 0 Å². The molecule has 0 spiro atoms. The largest absolute Gasteiger partial charge is 0.484 e. The van der Waals surface area contributed by atoms with E-state index in [1.807, 2.05) is 0 Å². The van der Waals surface area contributed by atoms with E-state index in [-0.39, 0.29) is 24.0 Å². The van der Waals surface area contributed by atoms with Crippen LogP contribution >= 0.6 is 11.8 Å². The first-order valence-corrected chi connectivity index (χ1v) is 16.9. The monoisotopic (exact) mass is 712 g/mol. The number of aliphatic hydroxyl groups is 1. The molecule has 266 valence electrons. The van der Waals surface area contributed by atoms with E-state index in [1.165, 1.54) is 72.1 Å². The number of aliphatic carboxylic acids is 1. The Balaban J connectivity index is 1.30. The van der Waals surface area contributed by atoms with E-state index >= 15 is 0 Å². The van der Waals surface area contributed by atoms with Gasteiger partial charge in [0.15, 0.2) is 6.61 Å². The van der Waals surface area contributed by atoms with Crippen molar-refractivity contribution in [3.05, 3.63) is 95.6 Å². The highest BCUT2D eigenvalue weighted by molar-refractivity contribution is 8.00. The van der Waals surface area contributed by atoms with Crippen LogP contribution in [0.15, 0.2) is 72.8 Å². The standard InChI is InChI=1S/C35H38F2N4O8S/c1-21(42)38-17-3-2-4-28(35(47)48)40-30(44)18-39-31(45)19-49-27-15-7-23(8-16-27)32-33(34(46)41(32)26-13-11-25(37)12-14-26)50-20-29(43)22-5-9-24(36)10-6-22/h5-16,28-29,32-33,43H,2-4,17-20H2,1H3,(H,38,42)(H,39,45)(H,40,44)(H,47,48)/t28-,29?,32?,33-/m1/s1. The third-order valence-electron chi connectivity index (χ3n) is 7.80. The molecule has 3 aromatic carbocycles. The third-order valence-corrected chi connectivity index (χ3v) is 9.13. The van der Waals surface area contributed by atoms with E-state index in [0.717, 1.165) is 5.56 Å². The maximum atomic E-state index is 13.6. The van der Waals surface area contributed by atoms with Crippen molar-refractivity contribution in [2.45, 2.75) is 49.6 Å². The number of halogens is 2. The van der Waals surface area contributed by atoms with Gasteiger partial charge in [0.1, 0.15) is 28.7 Å². The number of hydrogen-bond donors (Lipinski definition) is 5. The van der Waals surface area contributed by atoms with Crippen LogP contribution in [0.1, 0.15) is 49.5 Å². The Labute approximate surface area is 291 Å². The minimum atomic E-state index is -1.21. The third kappa shape index (κ3) is 10.7. The van der Waals surface area contributed by atoms with Crippen molar-refractivity contribution >= 4 is 47.0 Å². The van der Waals surface area contributed by atoms with Crippen molar-refractivity contribution in [1.82, 2.24) is 16.0 Å². The second-order valence-electron chi connectivity index (χ2n) is 11.5. The minimum absolute atomic E-state index is 0.155. The van der Waals surface area contributed by atoms with Gasteiger partial charge in [0.25, 0.3) is 5.91 Å². The zero-order chi connectivity index (χ0) is 36.2. The van der Waals surface area contributed by atoms with Gasteiger partial charge in [0.2, 0.25) is 17.7 Å². The van der Waals surface area contributed by atoms with Crippen molar-refractivity contribution in [1.29, 1.82) is 0 Å². The molecule has 2 unspecified atom stereocenters. The van der Waals surface area contributed by atoms with Gasteiger partial charge in [-0.1, -0.05) is 24.3 Å². The number of carbonyl (C=O) groups is 5. The smallest absolute Gasteiger partial charge is 0.326 e. The average molecular weight is 713 g/mol. The summed E-state index contributed by atoms with van der Waals surface area (Å²) in [6, 6.07) is 16.0. The van der Waals surface area contributed by atoms with Gasteiger partial charge in [-0.2, -0.15) is 0 Å². The number of rotatable bonds is 18. The second kappa shape index (κ2) is 18.1. The minimum Gasteiger partial charge on any atom is -0.484 e. The summed E-state index contributed by atoms with van der Waals surface area (Å²) >= 11 is 1.25. The molecule has 4 amide bonds. The van der Waals surface area contributed by atoms with Gasteiger partial charge in [-0.15, -0.1) is 11.8 Å². The Kier molecular flexibility index (Phi) is 13.7. The molecule has 3 aromatic rings. The predicted octanol–water partition coefficient (Wildman–Crippen LogP) is 3.26. The molecular formula is C35H38F2N4O8S. The highest BCUT2D eigenvalue weighted by atomic mass is 32.2. The van der Waals surface area contributed by atoms with Crippen LogP contribution in [-0.2, 0) is 24.0 Å². The van der Waals surface area contributed by atoms with Crippen LogP contribution in [0.2, 0.25) is 0 Å². The first kappa shape index (κ1) is 37.8. The molecule has 50 heavy (non-hydrogen) atoms. The molecular weight excluding hydrogens is 674 g/mol. The van der Waals surface area contributed by atoms with Gasteiger partial charge in [0, 0.05) is 24.9 Å². The number of carbonyl (C=O) groups excluding carboxylic acids is 4. The van der Waals surface area contributed by atoms with E-state index in [0.29, 0.717) is 36.4 Å². The summed E-state index contributed by atoms with van der Waals surface area (Å²) in [5, 5.41) is 26.8. The zero-order valence-electron chi connectivity index (χ0n) is 27.1. The van der Waals surface area contributed by atoms with Gasteiger partial charge in [0.05, 0.1) is 18.7 Å². The van der Waals surface area contributed by atoms with Gasteiger partial charge < -0.3 is 35.8 Å².